The minimum Gasteiger partial charge on any atom is -0.387 e. The van der Waals surface area contributed by atoms with Crippen LogP contribution in [0.2, 0.25) is 0 Å². The van der Waals surface area contributed by atoms with Gasteiger partial charge >= 0.3 is 0 Å². The number of aliphatic hydroxyl groups is 1. The van der Waals surface area contributed by atoms with Gasteiger partial charge < -0.3 is 10.4 Å². The number of rotatable bonds is 6. The van der Waals surface area contributed by atoms with Gasteiger partial charge in [-0.05, 0) is 35.4 Å². The van der Waals surface area contributed by atoms with E-state index in [9.17, 15) is 5.11 Å². The molecule has 0 saturated carbocycles. The van der Waals surface area contributed by atoms with E-state index in [-0.39, 0.29) is 0 Å². The largest absolute Gasteiger partial charge is 0.387 e. The number of aromatic nitrogens is 2. The van der Waals surface area contributed by atoms with E-state index in [4.69, 9.17) is 0 Å². The number of thiophene rings is 1. The molecule has 22 heavy (non-hydrogen) atoms. The van der Waals surface area contributed by atoms with Crippen LogP contribution in [0.1, 0.15) is 22.8 Å². The second-order valence-corrected chi connectivity index (χ2v) is 6.12. The standard InChI is InChI=1S/C17H19N3OS/c1-12-3-2-4-13(7-12)17-15(9-19-20-17)8-18-10-16(21)14-5-6-22-11-14/h2-7,9,11,16,18,21H,8,10H2,1H3,(H,19,20). The summed E-state index contributed by atoms with van der Waals surface area (Å²) >= 11 is 1.60. The summed E-state index contributed by atoms with van der Waals surface area (Å²) in [5.41, 5.74) is 5.44. The van der Waals surface area contributed by atoms with Crippen LogP contribution in [0.15, 0.2) is 47.3 Å². The first-order chi connectivity index (χ1) is 10.7. The number of hydrogen-bond acceptors (Lipinski definition) is 4. The fourth-order valence-corrected chi connectivity index (χ4v) is 3.13. The molecule has 0 aliphatic rings. The van der Waals surface area contributed by atoms with Gasteiger partial charge in [-0.1, -0.05) is 23.8 Å². The van der Waals surface area contributed by atoms with Crippen molar-refractivity contribution in [2.45, 2.75) is 19.6 Å². The van der Waals surface area contributed by atoms with Gasteiger partial charge in [-0.25, -0.2) is 0 Å². The first kappa shape index (κ1) is 15.0. The molecule has 1 atom stereocenters. The summed E-state index contributed by atoms with van der Waals surface area (Å²) in [6.45, 7) is 3.27. The second kappa shape index (κ2) is 6.87. The van der Waals surface area contributed by atoms with E-state index in [1.807, 2.05) is 29.1 Å². The van der Waals surface area contributed by atoms with Crippen LogP contribution in [0.3, 0.4) is 0 Å². The van der Waals surface area contributed by atoms with E-state index in [2.05, 4.69) is 40.6 Å². The first-order valence-corrected chi connectivity index (χ1v) is 8.18. The number of aryl methyl sites for hydroxylation is 1. The third-order valence-electron chi connectivity index (χ3n) is 3.61. The lowest BCUT2D eigenvalue weighted by atomic mass is 10.1. The number of benzene rings is 1. The monoisotopic (exact) mass is 313 g/mol. The predicted octanol–water partition coefficient (Wildman–Crippen LogP) is 3.27. The average Bonchev–Trinajstić information content (AvgIpc) is 3.19. The van der Waals surface area contributed by atoms with Gasteiger partial charge in [0.1, 0.15) is 0 Å². The molecule has 114 valence electrons. The number of aliphatic hydroxyl groups excluding tert-OH is 1. The fraction of sp³-hybridized carbons (Fsp3) is 0.235. The van der Waals surface area contributed by atoms with Crippen molar-refractivity contribution in [1.82, 2.24) is 15.5 Å². The Hall–Kier alpha value is -1.95. The molecule has 2 heterocycles. The molecule has 0 bridgehead atoms. The van der Waals surface area contributed by atoms with Crippen LogP contribution >= 0.6 is 11.3 Å². The average molecular weight is 313 g/mol. The highest BCUT2D eigenvalue weighted by Crippen LogP contribution is 2.22. The van der Waals surface area contributed by atoms with Crippen molar-refractivity contribution in [2.75, 3.05) is 6.54 Å². The van der Waals surface area contributed by atoms with Crippen molar-refractivity contribution in [2.24, 2.45) is 0 Å². The van der Waals surface area contributed by atoms with E-state index in [0.29, 0.717) is 13.1 Å². The zero-order valence-electron chi connectivity index (χ0n) is 12.4. The molecular weight excluding hydrogens is 294 g/mol. The highest BCUT2D eigenvalue weighted by molar-refractivity contribution is 7.07. The van der Waals surface area contributed by atoms with Gasteiger partial charge in [0, 0.05) is 24.2 Å². The Morgan fingerprint density at radius 3 is 3.05 bits per heavy atom. The van der Waals surface area contributed by atoms with Crippen LogP contribution in [0, 0.1) is 6.92 Å². The second-order valence-electron chi connectivity index (χ2n) is 5.34. The Kier molecular flexibility index (Phi) is 4.68. The van der Waals surface area contributed by atoms with Crippen LogP contribution < -0.4 is 5.32 Å². The Morgan fingerprint density at radius 2 is 2.27 bits per heavy atom. The lowest BCUT2D eigenvalue weighted by Gasteiger charge is -2.11. The highest BCUT2D eigenvalue weighted by atomic mass is 32.1. The van der Waals surface area contributed by atoms with Gasteiger partial charge in [-0.3, -0.25) is 5.10 Å². The van der Waals surface area contributed by atoms with Gasteiger partial charge in [-0.15, -0.1) is 0 Å². The molecule has 3 N–H and O–H groups in total. The summed E-state index contributed by atoms with van der Waals surface area (Å²) in [5, 5.41) is 24.5. The third-order valence-corrected chi connectivity index (χ3v) is 4.31. The molecule has 1 aromatic carbocycles. The molecule has 0 aliphatic heterocycles. The normalized spacial score (nSPS) is 12.5. The van der Waals surface area contributed by atoms with Crippen LogP contribution in [0.5, 0.6) is 0 Å². The summed E-state index contributed by atoms with van der Waals surface area (Å²) in [5.74, 6) is 0. The predicted molar refractivity (Wildman–Crippen MR) is 89.7 cm³/mol. The Bertz CT molecular complexity index is 721. The van der Waals surface area contributed by atoms with E-state index < -0.39 is 6.10 Å². The number of hydrogen-bond donors (Lipinski definition) is 3. The van der Waals surface area contributed by atoms with Crippen LogP contribution in [0.4, 0.5) is 0 Å². The third kappa shape index (κ3) is 3.44. The van der Waals surface area contributed by atoms with Crippen LogP contribution in [-0.2, 0) is 6.54 Å². The number of aromatic amines is 1. The maximum absolute atomic E-state index is 10.1. The molecule has 0 amide bonds. The molecule has 2 aromatic heterocycles. The van der Waals surface area contributed by atoms with E-state index in [0.717, 1.165) is 22.4 Å². The summed E-state index contributed by atoms with van der Waals surface area (Å²) < 4.78 is 0. The van der Waals surface area contributed by atoms with Crippen molar-refractivity contribution < 1.29 is 5.11 Å². The molecule has 3 aromatic rings. The van der Waals surface area contributed by atoms with Gasteiger partial charge in [0.05, 0.1) is 18.0 Å². The minimum atomic E-state index is -0.472. The zero-order valence-corrected chi connectivity index (χ0v) is 13.2. The minimum absolute atomic E-state index is 0.472. The number of nitrogens with one attached hydrogen (secondary N) is 2. The zero-order chi connectivity index (χ0) is 15.4. The molecule has 5 heteroatoms. The van der Waals surface area contributed by atoms with Crippen molar-refractivity contribution in [3.05, 3.63) is 64.0 Å². The molecule has 0 radical (unpaired) electrons. The van der Waals surface area contributed by atoms with Crippen LogP contribution in [0.25, 0.3) is 11.3 Å². The van der Waals surface area contributed by atoms with Crippen molar-refractivity contribution >= 4 is 11.3 Å². The van der Waals surface area contributed by atoms with E-state index in [1.165, 1.54) is 5.56 Å². The van der Waals surface area contributed by atoms with Gasteiger partial charge in [-0.2, -0.15) is 16.4 Å². The van der Waals surface area contributed by atoms with E-state index in [1.54, 1.807) is 11.3 Å². The molecular formula is C17H19N3OS. The summed E-state index contributed by atoms with van der Waals surface area (Å²) in [7, 11) is 0. The molecule has 0 aliphatic carbocycles. The number of H-pyrrole nitrogens is 1. The maximum atomic E-state index is 10.1. The Balaban J connectivity index is 1.63. The van der Waals surface area contributed by atoms with E-state index >= 15 is 0 Å². The van der Waals surface area contributed by atoms with Crippen molar-refractivity contribution in [3.8, 4) is 11.3 Å². The quantitative estimate of drug-likeness (QED) is 0.654. The van der Waals surface area contributed by atoms with Gasteiger partial charge in [0.2, 0.25) is 0 Å². The molecule has 0 saturated heterocycles. The topological polar surface area (TPSA) is 60.9 Å². The number of nitrogens with zero attached hydrogens (tertiary/aromatic N) is 1. The van der Waals surface area contributed by atoms with Gasteiger partial charge in [0.15, 0.2) is 0 Å². The lowest BCUT2D eigenvalue weighted by Crippen LogP contribution is -2.20. The Labute approximate surface area is 133 Å². The molecule has 1 unspecified atom stereocenters. The smallest absolute Gasteiger partial charge is 0.0922 e. The maximum Gasteiger partial charge on any atom is 0.0922 e. The summed E-state index contributed by atoms with van der Waals surface area (Å²) in [4.78, 5) is 0. The molecule has 3 rings (SSSR count). The van der Waals surface area contributed by atoms with Crippen molar-refractivity contribution in [3.63, 3.8) is 0 Å². The van der Waals surface area contributed by atoms with Crippen LogP contribution in [-0.4, -0.2) is 21.8 Å². The Morgan fingerprint density at radius 1 is 1.36 bits per heavy atom. The summed E-state index contributed by atoms with van der Waals surface area (Å²) in [6, 6.07) is 10.3. The summed E-state index contributed by atoms with van der Waals surface area (Å²) in [6.07, 6.45) is 1.36. The highest BCUT2D eigenvalue weighted by Gasteiger charge is 2.10. The first-order valence-electron chi connectivity index (χ1n) is 7.24. The lowest BCUT2D eigenvalue weighted by molar-refractivity contribution is 0.175. The molecule has 4 nitrogen and oxygen atoms in total. The molecule has 0 fully saturated rings. The molecule has 0 spiro atoms. The van der Waals surface area contributed by atoms with Crippen molar-refractivity contribution in [1.29, 1.82) is 0 Å². The fourth-order valence-electron chi connectivity index (χ4n) is 2.42. The van der Waals surface area contributed by atoms with Gasteiger partial charge in [0.25, 0.3) is 0 Å². The SMILES string of the molecule is Cc1cccc(-c2[nH]ncc2CNCC(O)c2ccsc2)c1.